The lowest BCUT2D eigenvalue weighted by molar-refractivity contribution is -0.0872. The zero-order chi connectivity index (χ0) is 29.6. The van der Waals surface area contributed by atoms with E-state index in [2.05, 4.69) is 32.3 Å². The summed E-state index contributed by atoms with van der Waals surface area (Å²) in [6, 6.07) is 7.49. The van der Waals surface area contributed by atoms with E-state index in [9.17, 15) is 10.1 Å². The van der Waals surface area contributed by atoms with Gasteiger partial charge in [0.15, 0.2) is 0 Å². The number of hydrogen-bond acceptors (Lipinski definition) is 6. The predicted molar refractivity (Wildman–Crippen MR) is 155 cm³/mol. The summed E-state index contributed by atoms with van der Waals surface area (Å²) in [4.78, 5) is 25.1. The number of aromatic nitrogens is 3. The van der Waals surface area contributed by atoms with Gasteiger partial charge in [0.2, 0.25) is 0 Å². The topological polar surface area (TPSA) is 86.8 Å². The number of fused-ring (bicyclic) bond motifs is 7. The molecule has 1 aliphatic carbocycles. The first-order chi connectivity index (χ1) is 20.1. The highest BCUT2D eigenvalue weighted by molar-refractivity contribution is 5.88. The molecule has 2 fully saturated rings. The van der Waals surface area contributed by atoms with Crippen molar-refractivity contribution < 1.29 is 13.2 Å². The third-order valence-corrected chi connectivity index (χ3v) is 9.13. The van der Waals surface area contributed by atoms with E-state index in [1.54, 1.807) is 24.5 Å². The van der Waals surface area contributed by atoms with E-state index in [1.165, 1.54) is 18.2 Å². The molecule has 10 heteroatoms. The summed E-state index contributed by atoms with van der Waals surface area (Å²) in [5.41, 5.74) is -0.691. The summed E-state index contributed by atoms with van der Waals surface area (Å²) in [6.45, 7) is 5.53. The summed E-state index contributed by atoms with van der Waals surface area (Å²) in [7, 11) is 0. The van der Waals surface area contributed by atoms with Crippen LogP contribution in [-0.2, 0) is 17.9 Å². The van der Waals surface area contributed by atoms with Crippen LogP contribution in [-0.4, -0.2) is 39.1 Å². The molecule has 3 aliphatic heterocycles. The molecule has 220 valence electrons. The minimum Gasteiger partial charge on any atom is -0.363 e. The zero-order valence-electron chi connectivity index (χ0n) is 24.0. The van der Waals surface area contributed by atoms with Crippen molar-refractivity contribution in [1.29, 1.82) is 5.26 Å². The van der Waals surface area contributed by atoms with Crippen LogP contribution in [0.4, 0.5) is 19.0 Å². The quantitative estimate of drug-likeness (QED) is 0.351. The van der Waals surface area contributed by atoms with E-state index in [1.807, 2.05) is 6.08 Å². The van der Waals surface area contributed by atoms with Crippen molar-refractivity contribution in [2.24, 2.45) is 5.92 Å². The van der Waals surface area contributed by atoms with Gasteiger partial charge in [-0.1, -0.05) is 30.4 Å². The molecule has 0 amide bonds. The fourth-order valence-corrected chi connectivity index (χ4v) is 6.41. The maximum Gasteiger partial charge on any atom is 0.278 e. The number of piperidine rings is 1. The summed E-state index contributed by atoms with van der Waals surface area (Å²) < 4.78 is 49.1. The molecular weight excluding hydrogens is 541 g/mol. The Hall–Kier alpha value is -3.71. The first-order valence-corrected chi connectivity index (χ1v) is 14.8. The summed E-state index contributed by atoms with van der Waals surface area (Å²) in [5.74, 6) is -4.38. The summed E-state index contributed by atoms with van der Waals surface area (Å²) in [5, 5.41) is 13.7. The highest BCUT2D eigenvalue weighted by atomic mass is 19.3. The maximum absolute atomic E-state index is 15.9. The third-order valence-electron chi connectivity index (χ3n) is 9.13. The molecule has 0 radical (unpaired) electrons. The van der Waals surface area contributed by atoms with Gasteiger partial charge < -0.3 is 5.32 Å². The van der Waals surface area contributed by atoms with Crippen molar-refractivity contribution in [2.45, 2.75) is 76.3 Å². The average Bonchev–Trinajstić information content (AvgIpc) is 3.76. The van der Waals surface area contributed by atoms with Crippen molar-refractivity contribution >= 4 is 16.9 Å². The highest BCUT2D eigenvalue weighted by Gasteiger charge is 2.48. The number of aryl methyl sites for hydroxylation is 2. The van der Waals surface area contributed by atoms with Gasteiger partial charge in [0.1, 0.15) is 23.1 Å². The second-order valence-corrected chi connectivity index (χ2v) is 12.0. The first kappa shape index (κ1) is 28.4. The molecule has 7 nitrogen and oxygen atoms in total. The van der Waals surface area contributed by atoms with Crippen LogP contribution in [0.25, 0.3) is 11.0 Å². The van der Waals surface area contributed by atoms with Gasteiger partial charge in [-0.25, -0.2) is 23.1 Å². The number of nitriles is 1. The van der Waals surface area contributed by atoms with E-state index in [0.29, 0.717) is 86.5 Å². The lowest BCUT2D eigenvalue weighted by Gasteiger charge is -2.36. The Morgan fingerprint density at radius 3 is 2.57 bits per heavy atom. The van der Waals surface area contributed by atoms with E-state index in [4.69, 9.17) is 0 Å². The second-order valence-electron chi connectivity index (χ2n) is 12.0. The van der Waals surface area contributed by atoms with E-state index in [0.717, 1.165) is 6.42 Å². The Morgan fingerprint density at radius 2 is 1.86 bits per heavy atom. The number of anilines is 1. The monoisotopic (exact) mass is 576 g/mol. The molecule has 5 heterocycles. The van der Waals surface area contributed by atoms with Crippen molar-refractivity contribution in [3.8, 4) is 6.07 Å². The Morgan fingerprint density at radius 1 is 1.10 bits per heavy atom. The van der Waals surface area contributed by atoms with Crippen LogP contribution in [0.1, 0.15) is 74.0 Å². The van der Waals surface area contributed by atoms with Gasteiger partial charge in [0, 0.05) is 30.1 Å². The van der Waals surface area contributed by atoms with Gasteiger partial charge in [-0.15, -0.1) is 0 Å². The van der Waals surface area contributed by atoms with E-state index in [-0.39, 0.29) is 11.1 Å². The number of nitrogens with one attached hydrogen (secondary N) is 1. The van der Waals surface area contributed by atoms with E-state index < -0.39 is 34.7 Å². The normalized spacial score (nSPS) is 25.9. The van der Waals surface area contributed by atoms with Gasteiger partial charge in [-0.2, -0.15) is 5.26 Å². The molecule has 2 aromatic heterocycles. The Bertz CT molecular complexity index is 1650. The van der Waals surface area contributed by atoms with Crippen molar-refractivity contribution in [3.05, 3.63) is 75.1 Å². The first-order valence-electron chi connectivity index (χ1n) is 14.8. The lowest BCUT2D eigenvalue weighted by atomic mass is 9.85. The van der Waals surface area contributed by atoms with Crippen LogP contribution >= 0.6 is 0 Å². The molecule has 4 aliphatic rings. The number of alkyl halides is 2. The number of pyridine rings is 1. The molecule has 0 unspecified atom stereocenters. The smallest absolute Gasteiger partial charge is 0.278 e. The van der Waals surface area contributed by atoms with Crippen LogP contribution in [0.2, 0.25) is 0 Å². The number of benzene rings is 1. The molecule has 3 aromatic rings. The van der Waals surface area contributed by atoms with Crippen LogP contribution in [0.5, 0.6) is 0 Å². The zero-order valence-corrected chi connectivity index (χ0v) is 24.0. The van der Waals surface area contributed by atoms with Gasteiger partial charge >= 0.3 is 0 Å². The van der Waals surface area contributed by atoms with Gasteiger partial charge in [-0.3, -0.25) is 14.3 Å². The Kier molecular flexibility index (Phi) is 7.34. The lowest BCUT2D eigenvalue weighted by Crippen LogP contribution is -2.40. The minimum atomic E-state index is -3.30. The van der Waals surface area contributed by atoms with E-state index >= 15 is 13.2 Å². The van der Waals surface area contributed by atoms with Gasteiger partial charge in [0.25, 0.3) is 11.5 Å². The van der Waals surface area contributed by atoms with Gasteiger partial charge in [-0.05, 0) is 71.5 Å². The Labute approximate surface area is 243 Å². The molecule has 1 N–H and O–H groups in total. The van der Waals surface area contributed by atoms with Crippen LogP contribution in [0.15, 0.2) is 41.2 Å². The molecule has 1 saturated heterocycles. The molecular formula is C32H35F3N6O. The molecule has 1 saturated carbocycles. The van der Waals surface area contributed by atoms with Crippen LogP contribution in [0.3, 0.4) is 0 Å². The van der Waals surface area contributed by atoms with Crippen LogP contribution < -0.4 is 10.9 Å². The largest absolute Gasteiger partial charge is 0.363 e. The summed E-state index contributed by atoms with van der Waals surface area (Å²) >= 11 is 0. The minimum absolute atomic E-state index is 0.109. The van der Waals surface area contributed by atoms with Crippen molar-refractivity contribution in [1.82, 2.24) is 19.4 Å². The summed E-state index contributed by atoms with van der Waals surface area (Å²) in [6.07, 6.45) is 7.30. The van der Waals surface area contributed by atoms with Gasteiger partial charge in [0.05, 0.1) is 28.5 Å². The average molecular weight is 577 g/mol. The number of nitrogens with zero attached hydrogens (tertiary/aromatic N) is 5. The molecule has 1 atom stereocenters. The van der Waals surface area contributed by atoms with Crippen molar-refractivity contribution in [3.63, 3.8) is 0 Å². The Balaban J connectivity index is 1.49. The number of rotatable bonds is 1. The predicted octanol–water partition coefficient (Wildman–Crippen LogP) is 6.12. The maximum atomic E-state index is 15.9. The fraction of sp³-hybridized carbons (Fsp3) is 0.500. The standard InChI is InChI=1S/C32H35F3N6O/c1-20-23-8-7-9-25(27(23)33)32(34,35)22-10-16-40(17-11-22)14-5-3-4-6-15-41-29-24(28(37-20)38-21(2)39-29)18-26(30(41)42)31(19-36)12-13-31/h3,5,7-9,18,20,22H,4,6,10-17H2,1-2H3,(H,37,38,39)/b5-3-/t20-/m1/s1. The second kappa shape index (κ2) is 10.8. The molecule has 8 bridgehead atoms. The number of hydrogen-bond donors (Lipinski definition) is 1. The molecule has 42 heavy (non-hydrogen) atoms. The fourth-order valence-electron chi connectivity index (χ4n) is 6.41. The molecule has 0 spiro atoms. The molecule has 7 rings (SSSR count). The number of allylic oxidation sites excluding steroid dienone is 1. The number of halogens is 3. The molecule has 1 aromatic carbocycles. The highest BCUT2D eigenvalue weighted by Crippen LogP contribution is 2.47. The third kappa shape index (κ3) is 4.98. The van der Waals surface area contributed by atoms with Crippen LogP contribution in [0, 0.1) is 30.0 Å². The SMILES string of the molecule is Cc1nc2c3cc(C4(C#N)CC4)c(=O)n(c3n1)CCC/C=C\CN1CCC(CC1)C(F)(F)c1cccc(c1F)[C@@H](C)N2. The van der Waals surface area contributed by atoms with Crippen molar-refractivity contribution in [2.75, 3.05) is 25.0 Å².